The summed E-state index contributed by atoms with van der Waals surface area (Å²) < 4.78 is 0. The van der Waals surface area contributed by atoms with Crippen molar-refractivity contribution in [2.24, 2.45) is 0 Å². The van der Waals surface area contributed by atoms with Crippen molar-refractivity contribution in [2.45, 2.75) is 24.8 Å². The standard InChI is InChI=1S/C11H15NS/c1-9-8-13-11(12-9)7-10-5-3-2-4-6-10/h2-6,9,11-12H,7-8H2,1H3. The molecule has 0 spiro atoms. The summed E-state index contributed by atoms with van der Waals surface area (Å²) in [5.74, 6) is 1.25. The molecule has 1 aromatic rings. The minimum absolute atomic E-state index is 0.623. The Hall–Kier alpha value is -0.470. The molecule has 1 fully saturated rings. The smallest absolute Gasteiger partial charge is 0.0575 e. The van der Waals surface area contributed by atoms with Gasteiger partial charge in [0.2, 0.25) is 0 Å². The highest BCUT2D eigenvalue weighted by Crippen LogP contribution is 2.21. The maximum absolute atomic E-state index is 3.57. The Morgan fingerprint density at radius 1 is 1.38 bits per heavy atom. The molecule has 0 amide bonds. The number of rotatable bonds is 2. The fraction of sp³-hybridized carbons (Fsp3) is 0.455. The van der Waals surface area contributed by atoms with Crippen molar-refractivity contribution >= 4 is 11.8 Å². The van der Waals surface area contributed by atoms with Crippen LogP contribution in [0.3, 0.4) is 0 Å². The average Bonchev–Trinajstić information content (AvgIpc) is 2.53. The van der Waals surface area contributed by atoms with Crippen LogP contribution in [0, 0.1) is 0 Å². The number of thioether (sulfide) groups is 1. The predicted octanol–water partition coefficient (Wildman–Crippen LogP) is 2.28. The third-order valence-electron chi connectivity index (χ3n) is 2.28. The molecule has 1 nitrogen and oxygen atoms in total. The van der Waals surface area contributed by atoms with Gasteiger partial charge < -0.3 is 5.32 Å². The van der Waals surface area contributed by atoms with Crippen molar-refractivity contribution in [3.63, 3.8) is 0 Å². The van der Waals surface area contributed by atoms with Crippen LogP contribution < -0.4 is 5.32 Å². The lowest BCUT2D eigenvalue weighted by atomic mass is 10.1. The van der Waals surface area contributed by atoms with Crippen molar-refractivity contribution in [1.29, 1.82) is 0 Å². The highest BCUT2D eigenvalue weighted by Gasteiger charge is 2.20. The Bertz CT molecular complexity index is 260. The zero-order valence-corrected chi connectivity index (χ0v) is 8.68. The first kappa shape index (κ1) is 9.10. The summed E-state index contributed by atoms with van der Waals surface area (Å²) in [6.07, 6.45) is 1.15. The molecule has 13 heavy (non-hydrogen) atoms. The quantitative estimate of drug-likeness (QED) is 0.773. The Balaban J connectivity index is 1.92. The third-order valence-corrected chi connectivity index (χ3v) is 3.68. The molecule has 0 aliphatic carbocycles. The molecule has 1 aliphatic heterocycles. The van der Waals surface area contributed by atoms with E-state index in [1.54, 1.807) is 0 Å². The second-order valence-electron chi connectivity index (χ2n) is 3.58. The molecule has 70 valence electrons. The molecule has 2 atom stereocenters. The molecule has 1 saturated heterocycles. The molecule has 2 rings (SSSR count). The van der Waals surface area contributed by atoms with Crippen molar-refractivity contribution < 1.29 is 0 Å². The Morgan fingerprint density at radius 3 is 2.77 bits per heavy atom. The van der Waals surface area contributed by atoms with E-state index >= 15 is 0 Å². The lowest BCUT2D eigenvalue weighted by Gasteiger charge is -2.10. The Morgan fingerprint density at radius 2 is 2.15 bits per heavy atom. The van der Waals surface area contributed by atoms with Gasteiger partial charge in [0.25, 0.3) is 0 Å². The fourth-order valence-electron chi connectivity index (χ4n) is 1.62. The fourth-order valence-corrected chi connectivity index (χ4v) is 2.88. The largest absolute Gasteiger partial charge is 0.302 e. The molecular formula is C11H15NS. The van der Waals surface area contributed by atoms with E-state index in [-0.39, 0.29) is 0 Å². The molecule has 1 N–H and O–H groups in total. The summed E-state index contributed by atoms with van der Waals surface area (Å²) in [6.45, 7) is 2.25. The first-order valence-corrected chi connectivity index (χ1v) is 5.81. The van der Waals surface area contributed by atoms with Gasteiger partial charge >= 0.3 is 0 Å². The number of hydrogen-bond donors (Lipinski definition) is 1. The van der Waals surface area contributed by atoms with E-state index in [1.807, 2.05) is 11.8 Å². The first-order chi connectivity index (χ1) is 6.34. The highest BCUT2D eigenvalue weighted by atomic mass is 32.2. The Kier molecular flexibility index (Phi) is 2.91. The van der Waals surface area contributed by atoms with Crippen LogP contribution in [0.15, 0.2) is 30.3 Å². The van der Waals surface area contributed by atoms with Crippen LogP contribution in [-0.2, 0) is 6.42 Å². The van der Waals surface area contributed by atoms with E-state index in [1.165, 1.54) is 11.3 Å². The summed E-state index contributed by atoms with van der Waals surface area (Å²) in [4.78, 5) is 0. The average molecular weight is 193 g/mol. The maximum Gasteiger partial charge on any atom is 0.0575 e. The van der Waals surface area contributed by atoms with Crippen LogP contribution in [0.4, 0.5) is 0 Å². The highest BCUT2D eigenvalue weighted by molar-refractivity contribution is 8.00. The van der Waals surface area contributed by atoms with Gasteiger partial charge in [-0.1, -0.05) is 30.3 Å². The number of benzene rings is 1. The van der Waals surface area contributed by atoms with E-state index in [0.29, 0.717) is 11.4 Å². The molecular weight excluding hydrogens is 178 g/mol. The molecule has 1 aromatic carbocycles. The SMILES string of the molecule is CC1CSC(Cc2ccccc2)N1. The Labute approximate surface area is 83.9 Å². The minimum atomic E-state index is 0.623. The minimum Gasteiger partial charge on any atom is -0.302 e. The van der Waals surface area contributed by atoms with Crippen molar-refractivity contribution in [1.82, 2.24) is 5.32 Å². The van der Waals surface area contributed by atoms with Crippen LogP contribution >= 0.6 is 11.8 Å². The van der Waals surface area contributed by atoms with Crippen LogP contribution in [-0.4, -0.2) is 17.2 Å². The summed E-state index contributed by atoms with van der Waals surface area (Å²) in [5, 5.41) is 4.19. The van der Waals surface area contributed by atoms with Gasteiger partial charge in [0.05, 0.1) is 5.37 Å². The van der Waals surface area contributed by atoms with Gasteiger partial charge in [0, 0.05) is 11.8 Å². The van der Waals surface area contributed by atoms with Gasteiger partial charge in [-0.2, -0.15) is 0 Å². The lowest BCUT2D eigenvalue weighted by molar-refractivity contribution is 0.598. The molecule has 0 aromatic heterocycles. The predicted molar refractivity (Wildman–Crippen MR) is 59.0 cm³/mol. The first-order valence-electron chi connectivity index (χ1n) is 4.76. The normalized spacial score (nSPS) is 27.8. The van der Waals surface area contributed by atoms with E-state index in [0.717, 1.165) is 6.42 Å². The molecule has 0 bridgehead atoms. The van der Waals surface area contributed by atoms with Crippen molar-refractivity contribution in [3.05, 3.63) is 35.9 Å². The van der Waals surface area contributed by atoms with Crippen LogP contribution in [0.5, 0.6) is 0 Å². The molecule has 2 heteroatoms. The maximum atomic E-state index is 3.57. The molecule has 2 unspecified atom stereocenters. The van der Waals surface area contributed by atoms with Crippen molar-refractivity contribution in [3.8, 4) is 0 Å². The number of hydrogen-bond acceptors (Lipinski definition) is 2. The van der Waals surface area contributed by atoms with Gasteiger partial charge in [-0.25, -0.2) is 0 Å². The van der Waals surface area contributed by atoms with Crippen LogP contribution in [0.1, 0.15) is 12.5 Å². The number of nitrogens with one attached hydrogen (secondary N) is 1. The molecule has 0 saturated carbocycles. The van der Waals surface area contributed by atoms with Gasteiger partial charge in [-0.3, -0.25) is 0 Å². The van der Waals surface area contributed by atoms with E-state index < -0.39 is 0 Å². The zero-order chi connectivity index (χ0) is 9.10. The van der Waals surface area contributed by atoms with Crippen molar-refractivity contribution in [2.75, 3.05) is 5.75 Å². The van der Waals surface area contributed by atoms with E-state index in [2.05, 4.69) is 42.6 Å². The van der Waals surface area contributed by atoms with E-state index in [9.17, 15) is 0 Å². The monoisotopic (exact) mass is 193 g/mol. The lowest BCUT2D eigenvalue weighted by Crippen LogP contribution is -2.28. The van der Waals surface area contributed by atoms with Gasteiger partial charge in [-0.05, 0) is 18.9 Å². The van der Waals surface area contributed by atoms with Crippen LogP contribution in [0.25, 0.3) is 0 Å². The van der Waals surface area contributed by atoms with Gasteiger partial charge in [-0.15, -0.1) is 11.8 Å². The summed E-state index contributed by atoms with van der Waals surface area (Å²) in [7, 11) is 0. The van der Waals surface area contributed by atoms with E-state index in [4.69, 9.17) is 0 Å². The second kappa shape index (κ2) is 4.16. The summed E-state index contributed by atoms with van der Waals surface area (Å²) in [5.41, 5.74) is 1.43. The third kappa shape index (κ3) is 2.48. The van der Waals surface area contributed by atoms with Gasteiger partial charge in [0.15, 0.2) is 0 Å². The second-order valence-corrected chi connectivity index (χ2v) is 4.82. The summed E-state index contributed by atoms with van der Waals surface area (Å²) >= 11 is 2.03. The molecule has 0 radical (unpaired) electrons. The molecule has 1 aliphatic rings. The topological polar surface area (TPSA) is 12.0 Å². The van der Waals surface area contributed by atoms with Gasteiger partial charge in [0.1, 0.15) is 0 Å². The molecule has 1 heterocycles. The summed E-state index contributed by atoms with van der Waals surface area (Å²) in [6, 6.07) is 11.4. The zero-order valence-electron chi connectivity index (χ0n) is 7.86. The van der Waals surface area contributed by atoms with Crippen LogP contribution in [0.2, 0.25) is 0 Å².